The van der Waals surface area contributed by atoms with Crippen LogP contribution in [0.4, 0.5) is 0 Å². The van der Waals surface area contributed by atoms with Gasteiger partial charge in [-0.25, -0.2) is 0 Å². The summed E-state index contributed by atoms with van der Waals surface area (Å²) in [5.41, 5.74) is 0.212. The fraction of sp³-hybridized carbons (Fsp3) is 1.00. The third-order valence-corrected chi connectivity index (χ3v) is 3.76. The number of nitrogens with one attached hydrogen (secondary N) is 1. The van der Waals surface area contributed by atoms with E-state index in [9.17, 15) is 5.11 Å². The Morgan fingerprint density at radius 2 is 2.00 bits per heavy atom. The molecule has 1 saturated heterocycles. The summed E-state index contributed by atoms with van der Waals surface area (Å²) in [7, 11) is 0. The van der Waals surface area contributed by atoms with Crippen LogP contribution in [0.15, 0.2) is 0 Å². The third kappa shape index (κ3) is 6.72. The van der Waals surface area contributed by atoms with Gasteiger partial charge in [0, 0.05) is 12.6 Å². The molecule has 0 radical (unpaired) electrons. The molecule has 2 atom stereocenters. The lowest BCUT2D eigenvalue weighted by Crippen LogP contribution is -2.37. The lowest BCUT2D eigenvalue weighted by atomic mass is 9.89. The van der Waals surface area contributed by atoms with E-state index in [4.69, 9.17) is 0 Å². The van der Waals surface area contributed by atoms with Gasteiger partial charge in [0.2, 0.25) is 0 Å². The Morgan fingerprint density at radius 3 is 2.61 bits per heavy atom. The first kappa shape index (κ1) is 15.9. The average molecular weight is 256 g/mol. The maximum absolute atomic E-state index is 10.0. The van der Waals surface area contributed by atoms with E-state index in [1.807, 2.05) is 0 Å². The standard InChI is InChI=1S/C15H32N2O/c1-5-17-9-6-7-13(8-10-17)16-12-14(18)11-15(2,3)4/h13-14,16,18H,5-12H2,1-4H3. The molecule has 3 nitrogen and oxygen atoms in total. The molecule has 1 aliphatic heterocycles. The maximum atomic E-state index is 10.0. The van der Waals surface area contributed by atoms with Crippen molar-refractivity contribution >= 4 is 0 Å². The first-order chi connectivity index (χ1) is 8.40. The molecule has 1 heterocycles. The van der Waals surface area contributed by atoms with E-state index in [0.29, 0.717) is 6.04 Å². The first-order valence-corrected chi connectivity index (χ1v) is 7.54. The highest BCUT2D eigenvalue weighted by atomic mass is 16.3. The molecule has 1 rings (SSSR count). The van der Waals surface area contributed by atoms with Gasteiger partial charge in [-0.1, -0.05) is 27.7 Å². The zero-order valence-corrected chi connectivity index (χ0v) is 12.7. The van der Waals surface area contributed by atoms with E-state index in [-0.39, 0.29) is 11.5 Å². The Hall–Kier alpha value is -0.120. The predicted octanol–water partition coefficient (Wildman–Crippen LogP) is 2.25. The van der Waals surface area contributed by atoms with Gasteiger partial charge in [-0.05, 0) is 50.7 Å². The van der Waals surface area contributed by atoms with Gasteiger partial charge in [-0.3, -0.25) is 0 Å². The van der Waals surface area contributed by atoms with Crippen molar-refractivity contribution in [3.63, 3.8) is 0 Å². The summed E-state index contributed by atoms with van der Waals surface area (Å²) in [4.78, 5) is 2.52. The van der Waals surface area contributed by atoms with E-state index >= 15 is 0 Å². The molecule has 0 aromatic carbocycles. The van der Waals surface area contributed by atoms with Crippen molar-refractivity contribution in [3.05, 3.63) is 0 Å². The van der Waals surface area contributed by atoms with Gasteiger partial charge >= 0.3 is 0 Å². The van der Waals surface area contributed by atoms with Gasteiger partial charge in [0.1, 0.15) is 0 Å². The fourth-order valence-corrected chi connectivity index (χ4v) is 2.76. The number of likely N-dealkylation sites (tertiary alicyclic amines) is 1. The summed E-state index contributed by atoms with van der Waals surface area (Å²) >= 11 is 0. The Balaban J connectivity index is 2.22. The third-order valence-electron chi connectivity index (χ3n) is 3.76. The van der Waals surface area contributed by atoms with Gasteiger partial charge < -0.3 is 15.3 Å². The van der Waals surface area contributed by atoms with Crippen LogP contribution >= 0.6 is 0 Å². The van der Waals surface area contributed by atoms with E-state index in [2.05, 4.69) is 37.9 Å². The van der Waals surface area contributed by atoms with Gasteiger partial charge in [-0.15, -0.1) is 0 Å². The summed E-state index contributed by atoms with van der Waals surface area (Å²) in [6, 6.07) is 0.594. The van der Waals surface area contributed by atoms with Crippen molar-refractivity contribution in [2.75, 3.05) is 26.2 Å². The minimum atomic E-state index is -0.212. The zero-order valence-electron chi connectivity index (χ0n) is 12.7. The average Bonchev–Trinajstić information content (AvgIpc) is 2.49. The Kier molecular flexibility index (Phi) is 6.61. The number of rotatable bonds is 5. The second-order valence-corrected chi connectivity index (χ2v) is 6.89. The fourth-order valence-electron chi connectivity index (χ4n) is 2.76. The predicted molar refractivity (Wildman–Crippen MR) is 77.8 cm³/mol. The maximum Gasteiger partial charge on any atom is 0.0669 e. The zero-order chi connectivity index (χ0) is 13.6. The molecule has 0 aromatic rings. The molecule has 0 aliphatic carbocycles. The van der Waals surface area contributed by atoms with Crippen molar-refractivity contribution in [1.82, 2.24) is 10.2 Å². The highest BCUT2D eigenvalue weighted by molar-refractivity contribution is 4.77. The number of aliphatic hydroxyl groups is 1. The van der Waals surface area contributed by atoms with Crippen LogP contribution in [0, 0.1) is 5.41 Å². The SMILES string of the molecule is CCN1CCCC(NCC(O)CC(C)(C)C)CC1. The largest absolute Gasteiger partial charge is 0.392 e. The second-order valence-electron chi connectivity index (χ2n) is 6.89. The van der Waals surface area contributed by atoms with E-state index in [1.165, 1.54) is 38.9 Å². The highest BCUT2D eigenvalue weighted by Gasteiger charge is 2.19. The number of hydrogen-bond donors (Lipinski definition) is 2. The number of nitrogens with zero attached hydrogens (tertiary/aromatic N) is 1. The monoisotopic (exact) mass is 256 g/mol. The first-order valence-electron chi connectivity index (χ1n) is 7.54. The van der Waals surface area contributed by atoms with Gasteiger partial charge in [-0.2, -0.15) is 0 Å². The molecule has 0 amide bonds. The van der Waals surface area contributed by atoms with Crippen molar-refractivity contribution in [1.29, 1.82) is 0 Å². The number of aliphatic hydroxyl groups excluding tert-OH is 1. The Labute approximate surface area is 113 Å². The summed E-state index contributed by atoms with van der Waals surface area (Å²) in [6.45, 7) is 13.1. The van der Waals surface area contributed by atoms with Crippen molar-refractivity contribution in [2.24, 2.45) is 5.41 Å². The lowest BCUT2D eigenvalue weighted by Gasteiger charge is -2.24. The van der Waals surface area contributed by atoms with Crippen LogP contribution in [0.2, 0.25) is 0 Å². The molecule has 0 aromatic heterocycles. The molecular formula is C15H32N2O. The molecule has 1 fully saturated rings. The Morgan fingerprint density at radius 1 is 1.28 bits per heavy atom. The summed E-state index contributed by atoms with van der Waals surface area (Å²) < 4.78 is 0. The van der Waals surface area contributed by atoms with Crippen LogP contribution < -0.4 is 5.32 Å². The van der Waals surface area contributed by atoms with Gasteiger partial charge in [0.05, 0.1) is 6.10 Å². The van der Waals surface area contributed by atoms with E-state index in [1.54, 1.807) is 0 Å². The summed E-state index contributed by atoms with van der Waals surface area (Å²) in [6.07, 6.45) is 4.40. The Bertz CT molecular complexity index is 225. The topological polar surface area (TPSA) is 35.5 Å². The molecule has 18 heavy (non-hydrogen) atoms. The van der Waals surface area contributed by atoms with Crippen molar-refractivity contribution in [2.45, 2.75) is 65.5 Å². The second kappa shape index (κ2) is 7.46. The molecule has 2 unspecified atom stereocenters. The van der Waals surface area contributed by atoms with Crippen LogP contribution in [-0.4, -0.2) is 48.3 Å². The van der Waals surface area contributed by atoms with Gasteiger partial charge in [0.25, 0.3) is 0 Å². The molecule has 2 N–H and O–H groups in total. The lowest BCUT2D eigenvalue weighted by molar-refractivity contribution is 0.115. The highest BCUT2D eigenvalue weighted by Crippen LogP contribution is 2.20. The summed E-state index contributed by atoms with van der Waals surface area (Å²) in [5, 5.41) is 13.6. The molecule has 0 saturated carbocycles. The molecule has 108 valence electrons. The van der Waals surface area contributed by atoms with E-state index in [0.717, 1.165) is 13.0 Å². The molecule has 1 aliphatic rings. The number of hydrogen-bond acceptors (Lipinski definition) is 3. The van der Waals surface area contributed by atoms with Crippen LogP contribution in [0.5, 0.6) is 0 Å². The smallest absolute Gasteiger partial charge is 0.0669 e. The van der Waals surface area contributed by atoms with Crippen molar-refractivity contribution in [3.8, 4) is 0 Å². The van der Waals surface area contributed by atoms with Gasteiger partial charge in [0.15, 0.2) is 0 Å². The van der Waals surface area contributed by atoms with Crippen LogP contribution in [-0.2, 0) is 0 Å². The van der Waals surface area contributed by atoms with E-state index < -0.39 is 0 Å². The minimum Gasteiger partial charge on any atom is -0.392 e. The molecule has 3 heteroatoms. The van der Waals surface area contributed by atoms with Crippen LogP contribution in [0.3, 0.4) is 0 Å². The molecular weight excluding hydrogens is 224 g/mol. The van der Waals surface area contributed by atoms with Crippen LogP contribution in [0.1, 0.15) is 53.4 Å². The van der Waals surface area contributed by atoms with Crippen LogP contribution in [0.25, 0.3) is 0 Å². The minimum absolute atomic E-state index is 0.212. The van der Waals surface area contributed by atoms with Crippen molar-refractivity contribution < 1.29 is 5.11 Å². The quantitative estimate of drug-likeness (QED) is 0.792. The normalized spacial score (nSPS) is 24.8. The molecule has 0 spiro atoms. The summed E-state index contributed by atoms with van der Waals surface area (Å²) in [5.74, 6) is 0. The molecule has 0 bridgehead atoms.